The fourth-order valence-corrected chi connectivity index (χ4v) is 2.48. The second kappa shape index (κ2) is 5.22. The van der Waals surface area contributed by atoms with Gasteiger partial charge in [-0.3, -0.25) is 0 Å². The molecule has 0 aromatic carbocycles. The zero-order valence-corrected chi connectivity index (χ0v) is 12.0. The average molecular weight is 263 g/mol. The average Bonchev–Trinajstić information content (AvgIpc) is 2.40. The van der Waals surface area contributed by atoms with E-state index >= 15 is 0 Å². The number of hydrogen-bond acceptors (Lipinski definition) is 3. The Labute approximate surface area is 114 Å². The summed E-state index contributed by atoms with van der Waals surface area (Å²) in [5, 5.41) is 0. The summed E-state index contributed by atoms with van der Waals surface area (Å²) in [6, 6.07) is 5.88. The maximum absolute atomic E-state index is 5.63. The van der Waals surface area contributed by atoms with Crippen LogP contribution in [0.15, 0.2) is 18.2 Å². The fourth-order valence-electron chi connectivity index (χ4n) is 2.37. The van der Waals surface area contributed by atoms with Crippen molar-refractivity contribution in [3.05, 3.63) is 23.9 Å². The van der Waals surface area contributed by atoms with Gasteiger partial charge < -0.3 is 10.6 Å². The molecule has 4 heteroatoms. The zero-order valence-electron chi connectivity index (χ0n) is 11.1. The predicted octanol–water partition coefficient (Wildman–Crippen LogP) is 2.73. The summed E-state index contributed by atoms with van der Waals surface area (Å²) in [5.41, 5.74) is 6.84. The lowest BCUT2D eigenvalue weighted by Crippen LogP contribution is -2.39. The van der Waals surface area contributed by atoms with Crippen molar-refractivity contribution in [2.45, 2.75) is 33.1 Å². The Kier molecular flexibility index (Phi) is 3.85. The first kappa shape index (κ1) is 13.3. The lowest BCUT2D eigenvalue weighted by Gasteiger charge is -2.39. The molecule has 1 aliphatic heterocycles. The molecule has 0 saturated carbocycles. The number of hydrogen-bond donors (Lipinski definition) is 1. The highest BCUT2D eigenvalue weighted by atomic mass is 32.1. The van der Waals surface area contributed by atoms with Gasteiger partial charge in [0, 0.05) is 13.1 Å². The van der Waals surface area contributed by atoms with Gasteiger partial charge in [0.05, 0.1) is 5.69 Å². The highest BCUT2D eigenvalue weighted by molar-refractivity contribution is 7.80. The van der Waals surface area contributed by atoms with E-state index in [1.54, 1.807) is 0 Å². The normalized spacial score (nSPS) is 18.7. The van der Waals surface area contributed by atoms with Gasteiger partial charge in [-0.25, -0.2) is 4.98 Å². The summed E-state index contributed by atoms with van der Waals surface area (Å²) in [5.74, 6) is 0.999. The third-order valence-electron chi connectivity index (χ3n) is 4.13. The minimum Gasteiger partial charge on any atom is -0.388 e. The van der Waals surface area contributed by atoms with E-state index < -0.39 is 0 Å². The number of rotatable bonds is 3. The summed E-state index contributed by atoms with van der Waals surface area (Å²) < 4.78 is 0. The molecule has 18 heavy (non-hydrogen) atoms. The smallest absolute Gasteiger partial charge is 0.129 e. The molecular weight excluding hydrogens is 242 g/mol. The van der Waals surface area contributed by atoms with Crippen LogP contribution in [0.25, 0.3) is 0 Å². The van der Waals surface area contributed by atoms with Gasteiger partial charge in [0.25, 0.3) is 0 Å². The first-order valence-corrected chi connectivity index (χ1v) is 6.97. The Morgan fingerprint density at radius 1 is 1.44 bits per heavy atom. The van der Waals surface area contributed by atoms with Crippen LogP contribution in [0.3, 0.4) is 0 Å². The largest absolute Gasteiger partial charge is 0.388 e. The third kappa shape index (κ3) is 2.80. The van der Waals surface area contributed by atoms with Crippen molar-refractivity contribution in [3.63, 3.8) is 0 Å². The van der Waals surface area contributed by atoms with Crippen LogP contribution < -0.4 is 10.6 Å². The molecule has 0 radical (unpaired) electrons. The van der Waals surface area contributed by atoms with Crippen LogP contribution in [-0.2, 0) is 0 Å². The monoisotopic (exact) mass is 263 g/mol. The second-order valence-electron chi connectivity index (χ2n) is 5.40. The molecular formula is C14H21N3S. The minimum atomic E-state index is 0.368. The molecule has 0 amide bonds. The number of nitrogens with zero attached hydrogens (tertiary/aromatic N) is 2. The van der Waals surface area contributed by atoms with Gasteiger partial charge in [0.1, 0.15) is 10.8 Å². The highest BCUT2D eigenvalue weighted by Crippen LogP contribution is 2.35. The molecule has 0 spiro atoms. The van der Waals surface area contributed by atoms with E-state index in [1.807, 2.05) is 18.2 Å². The molecule has 0 unspecified atom stereocenters. The molecule has 98 valence electrons. The standard InChI is InChI=1S/C14H21N3S/c1-3-14(2)7-9-17(10-8-14)12-6-4-5-11(16-12)13(15)18/h4-6H,3,7-10H2,1-2H3,(H2,15,18). The molecule has 1 saturated heterocycles. The van der Waals surface area contributed by atoms with Gasteiger partial charge in [0.15, 0.2) is 0 Å². The van der Waals surface area contributed by atoms with Crippen molar-refractivity contribution in [2.75, 3.05) is 18.0 Å². The van der Waals surface area contributed by atoms with Crippen molar-refractivity contribution in [2.24, 2.45) is 11.1 Å². The van der Waals surface area contributed by atoms with Crippen molar-refractivity contribution in [1.82, 2.24) is 4.98 Å². The first-order chi connectivity index (χ1) is 8.54. The zero-order chi connectivity index (χ0) is 13.2. The van der Waals surface area contributed by atoms with Crippen LogP contribution in [0.4, 0.5) is 5.82 Å². The maximum Gasteiger partial charge on any atom is 0.129 e. The van der Waals surface area contributed by atoms with E-state index in [0.717, 1.165) is 18.9 Å². The van der Waals surface area contributed by atoms with Crippen molar-refractivity contribution >= 4 is 23.0 Å². The molecule has 3 nitrogen and oxygen atoms in total. The second-order valence-corrected chi connectivity index (χ2v) is 5.84. The SMILES string of the molecule is CCC1(C)CCN(c2cccc(C(N)=S)n2)CC1. The first-order valence-electron chi connectivity index (χ1n) is 6.56. The third-order valence-corrected chi connectivity index (χ3v) is 4.34. The van der Waals surface area contributed by atoms with Crippen LogP contribution in [0, 0.1) is 5.41 Å². The van der Waals surface area contributed by atoms with Gasteiger partial charge in [-0.05, 0) is 30.4 Å². The van der Waals surface area contributed by atoms with E-state index in [-0.39, 0.29) is 0 Å². The minimum absolute atomic E-state index is 0.368. The van der Waals surface area contributed by atoms with Crippen LogP contribution in [0.2, 0.25) is 0 Å². The summed E-state index contributed by atoms with van der Waals surface area (Å²) in [4.78, 5) is 7.23. The van der Waals surface area contributed by atoms with Gasteiger partial charge in [-0.2, -0.15) is 0 Å². The van der Waals surface area contributed by atoms with E-state index in [1.165, 1.54) is 19.3 Å². The number of aromatic nitrogens is 1. The van der Waals surface area contributed by atoms with Crippen molar-refractivity contribution in [1.29, 1.82) is 0 Å². The van der Waals surface area contributed by atoms with Crippen LogP contribution in [0.1, 0.15) is 38.8 Å². The Bertz CT molecular complexity index is 436. The maximum atomic E-state index is 5.63. The number of piperidine rings is 1. The van der Waals surface area contributed by atoms with E-state index in [2.05, 4.69) is 23.7 Å². The van der Waals surface area contributed by atoms with E-state index in [4.69, 9.17) is 18.0 Å². The highest BCUT2D eigenvalue weighted by Gasteiger charge is 2.28. The van der Waals surface area contributed by atoms with E-state index in [0.29, 0.717) is 16.1 Å². The lowest BCUT2D eigenvalue weighted by molar-refractivity contribution is 0.238. The van der Waals surface area contributed by atoms with Crippen LogP contribution >= 0.6 is 12.2 Å². The molecule has 0 bridgehead atoms. The molecule has 1 aliphatic rings. The Morgan fingerprint density at radius 2 is 2.11 bits per heavy atom. The summed E-state index contributed by atoms with van der Waals surface area (Å²) in [6.45, 7) is 6.79. The number of pyridine rings is 1. The Balaban J connectivity index is 2.10. The topological polar surface area (TPSA) is 42.1 Å². The number of anilines is 1. The number of thiocarbonyl (C=S) groups is 1. The molecule has 2 rings (SSSR count). The molecule has 0 aliphatic carbocycles. The Morgan fingerprint density at radius 3 is 2.67 bits per heavy atom. The quantitative estimate of drug-likeness (QED) is 0.852. The van der Waals surface area contributed by atoms with Crippen LogP contribution in [-0.4, -0.2) is 23.1 Å². The summed E-state index contributed by atoms with van der Waals surface area (Å²) in [6.07, 6.45) is 3.70. The van der Waals surface area contributed by atoms with E-state index in [9.17, 15) is 0 Å². The number of nitrogens with two attached hydrogens (primary N) is 1. The molecule has 2 heterocycles. The van der Waals surface area contributed by atoms with Gasteiger partial charge in [-0.1, -0.05) is 38.6 Å². The summed E-state index contributed by atoms with van der Waals surface area (Å²) in [7, 11) is 0. The van der Waals surface area contributed by atoms with Gasteiger partial charge >= 0.3 is 0 Å². The van der Waals surface area contributed by atoms with Crippen LogP contribution in [0.5, 0.6) is 0 Å². The lowest BCUT2D eigenvalue weighted by atomic mass is 9.78. The molecule has 1 aromatic rings. The van der Waals surface area contributed by atoms with Crippen molar-refractivity contribution < 1.29 is 0 Å². The molecule has 2 N–H and O–H groups in total. The fraction of sp³-hybridized carbons (Fsp3) is 0.571. The summed E-state index contributed by atoms with van der Waals surface area (Å²) >= 11 is 4.98. The van der Waals surface area contributed by atoms with Crippen molar-refractivity contribution in [3.8, 4) is 0 Å². The van der Waals surface area contributed by atoms with Gasteiger partial charge in [0.2, 0.25) is 0 Å². The molecule has 0 atom stereocenters. The molecule has 1 fully saturated rings. The Hall–Kier alpha value is -1.16. The molecule has 1 aromatic heterocycles. The van der Waals surface area contributed by atoms with Gasteiger partial charge in [-0.15, -0.1) is 0 Å². The predicted molar refractivity (Wildman–Crippen MR) is 80.0 cm³/mol.